The van der Waals surface area contributed by atoms with Crippen LogP contribution < -0.4 is 5.32 Å². The van der Waals surface area contributed by atoms with Gasteiger partial charge in [0.05, 0.1) is 6.04 Å². The molecule has 3 heterocycles. The monoisotopic (exact) mass is 347 g/mol. The first-order valence-corrected chi connectivity index (χ1v) is 8.93. The minimum Gasteiger partial charge on any atom is -0.339 e. The van der Waals surface area contributed by atoms with Crippen LogP contribution in [0.25, 0.3) is 5.65 Å². The zero-order valence-electron chi connectivity index (χ0n) is 13.7. The maximum Gasteiger partial charge on any atom is 0.272 e. The molecule has 0 unspecified atom stereocenters. The molecule has 1 N–H and O–H groups in total. The first kappa shape index (κ1) is 15.6. The second kappa shape index (κ2) is 6.53. The third kappa shape index (κ3) is 3.19. The van der Waals surface area contributed by atoms with Crippen molar-refractivity contribution >= 4 is 22.9 Å². The third-order valence-corrected chi connectivity index (χ3v) is 5.02. The van der Waals surface area contributed by atoms with Gasteiger partial charge in [-0.05, 0) is 41.6 Å². The molecule has 0 aliphatic heterocycles. The number of carbonyl (C=O) groups is 1. The molecule has 3 aromatic heterocycles. The Morgan fingerprint density at radius 2 is 2.00 bits per heavy atom. The summed E-state index contributed by atoms with van der Waals surface area (Å²) in [6.07, 6.45) is 3.68. The first-order valence-electron chi connectivity index (χ1n) is 8.05. The van der Waals surface area contributed by atoms with Gasteiger partial charge in [-0.15, -0.1) is 11.3 Å². The number of fused-ring (bicyclic) bond motifs is 1. The van der Waals surface area contributed by atoms with Crippen molar-refractivity contribution in [2.24, 2.45) is 0 Å². The summed E-state index contributed by atoms with van der Waals surface area (Å²) >= 11 is 1.63. The number of imidazole rings is 1. The average Bonchev–Trinajstić information content (AvgIpc) is 3.29. The Labute approximate surface area is 149 Å². The zero-order chi connectivity index (χ0) is 17.2. The highest BCUT2D eigenvalue weighted by atomic mass is 32.1. The van der Waals surface area contributed by atoms with Gasteiger partial charge in [0.2, 0.25) is 0 Å². The SMILES string of the molecule is Cc1ccn2cc(C(=O)N[C@H](c3ccccc3)c3cccs3)nc2c1. The van der Waals surface area contributed by atoms with Crippen molar-refractivity contribution in [1.82, 2.24) is 14.7 Å². The van der Waals surface area contributed by atoms with Crippen LogP contribution in [0.4, 0.5) is 0 Å². The summed E-state index contributed by atoms with van der Waals surface area (Å²) in [6.45, 7) is 2.01. The summed E-state index contributed by atoms with van der Waals surface area (Å²) in [5.74, 6) is -0.177. The second-order valence-electron chi connectivity index (χ2n) is 5.93. The van der Waals surface area contributed by atoms with Gasteiger partial charge < -0.3 is 9.72 Å². The first-order chi connectivity index (χ1) is 12.2. The number of amides is 1. The van der Waals surface area contributed by atoms with Crippen molar-refractivity contribution in [1.29, 1.82) is 0 Å². The van der Waals surface area contributed by atoms with E-state index in [1.165, 1.54) is 0 Å². The van der Waals surface area contributed by atoms with Crippen LogP contribution in [0.2, 0.25) is 0 Å². The molecule has 124 valence electrons. The van der Waals surface area contributed by atoms with E-state index in [-0.39, 0.29) is 11.9 Å². The molecule has 1 amide bonds. The second-order valence-corrected chi connectivity index (χ2v) is 6.91. The zero-order valence-corrected chi connectivity index (χ0v) is 14.5. The summed E-state index contributed by atoms with van der Waals surface area (Å²) in [6, 6.07) is 17.8. The number of pyridine rings is 1. The fourth-order valence-electron chi connectivity index (χ4n) is 2.82. The van der Waals surface area contributed by atoms with Crippen molar-refractivity contribution < 1.29 is 4.79 Å². The summed E-state index contributed by atoms with van der Waals surface area (Å²) in [7, 11) is 0. The lowest BCUT2D eigenvalue weighted by molar-refractivity contribution is 0.0939. The standard InChI is InChI=1S/C20H17N3OS/c1-14-9-10-23-13-16(21-18(23)12-14)20(24)22-19(17-8-5-11-25-17)15-6-3-2-4-7-15/h2-13,19H,1H3,(H,22,24)/t19-/m1/s1. The van der Waals surface area contributed by atoms with Crippen molar-refractivity contribution in [2.45, 2.75) is 13.0 Å². The molecule has 1 aromatic carbocycles. The van der Waals surface area contributed by atoms with Gasteiger partial charge >= 0.3 is 0 Å². The molecule has 4 rings (SSSR count). The number of carbonyl (C=O) groups excluding carboxylic acids is 1. The highest BCUT2D eigenvalue weighted by molar-refractivity contribution is 7.10. The number of nitrogens with one attached hydrogen (secondary N) is 1. The van der Waals surface area contributed by atoms with Crippen molar-refractivity contribution in [2.75, 3.05) is 0 Å². The number of aryl methyl sites for hydroxylation is 1. The molecule has 0 aliphatic carbocycles. The Morgan fingerprint density at radius 1 is 1.16 bits per heavy atom. The lowest BCUT2D eigenvalue weighted by Crippen LogP contribution is -2.29. The van der Waals surface area contributed by atoms with E-state index in [1.54, 1.807) is 17.5 Å². The van der Waals surface area contributed by atoms with Gasteiger partial charge in [0.1, 0.15) is 11.3 Å². The predicted molar refractivity (Wildman–Crippen MR) is 100.0 cm³/mol. The Balaban J connectivity index is 1.66. The van der Waals surface area contributed by atoms with E-state index >= 15 is 0 Å². The summed E-state index contributed by atoms with van der Waals surface area (Å²) < 4.78 is 1.87. The van der Waals surface area contributed by atoms with Gasteiger partial charge in [0.15, 0.2) is 0 Å². The molecule has 0 spiro atoms. The highest BCUT2D eigenvalue weighted by Crippen LogP contribution is 2.26. The van der Waals surface area contributed by atoms with E-state index in [2.05, 4.69) is 10.3 Å². The minimum absolute atomic E-state index is 0.177. The molecule has 0 saturated carbocycles. The molecule has 0 fully saturated rings. The van der Waals surface area contributed by atoms with Gasteiger partial charge in [0.25, 0.3) is 5.91 Å². The van der Waals surface area contributed by atoms with Gasteiger partial charge in [-0.25, -0.2) is 4.98 Å². The molecule has 5 heteroatoms. The van der Waals surface area contributed by atoms with Crippen LogP contribution in [-0.2, 0) is 0 Å². The quantitative estimate of drug-likeness (QED) is 0.601. The molecule has 4 nitrogen and oxygen atoms in total. The largest absolute Gasteiger partial charge is 0.339 e. The molecule has 4 aromatic rings. The Morgan fingerprint density at radius 3 is 2.76 bits per heavy atom. The lowest BCUT2D eigenvalue weighted by atomic mass is 10.1. The van der Waals surface area contributed by atoms with E-state index in [1.807, 2.05) is 77.5 Å². The van der Waals surface area contributed by atoms with Gasteiger partial charge in [-0.1, -0.05) is 36.4 Å². The smallest absolute Gasteiger partial charge is 0.272 e. The van der Waals surface area contributed by atoms with Crippen LogP contribution in [0.15, 0.2) is 72.4 Å². The Bertz CT molecular complexity index is 1010. The minimum atomic E-state index is -0.180. The van der Waals surface area contributed by atoms with E-state index in [0.29, 0.717) is 5.69 Å². The highest BCUT2D eigenvalue weighted by Gasteiger charge is 2.20. The van der Waals surface area contributed by atoms with Crippen molar-refractivity contribution in [3.05, 3.63) is 94.1 Å². The molecule has 1 atom stereocenters. The Kier molecular flexibility index (Phi) is 4.07. The number of thiophene rings is 1. The molecule has 25 heavy (non-hydrogen) atoms. The van der Waals surface area contributed by atoms with Crippen LogP contribution >= 0.6 is 11.3 Å². The maximum absolute atomic E-state index is 12.8. The summed E-state index contributed by atoms with van der Waals surface area (Å²) in [5.41, 5.74) is 3.37. The van der Waals surface area contributed by atoms with Crippen LogP contribution in [0.3, 0.4) is 0 Å². The normalized spacial score (nSPS) is 12.2. The summed E-state index contributed by atoms with van der Waals surface area (Å²) in [5, 5.41) is 5.14. The number of nitrogens with zero attached hydrogens (tertiary/aromatic N) is 2. The Hall–Kier alpha value is -2.92. The molecular weight excluding hydrogens is 330 g/mol. The molecule has 0 bridgehead atoms. The number of hydrogen-bond donors (Lipinski definition) is 1. The molecule has 0 saturated heterocycles. The topological polar surface area (TPSA) is 46.4 Å². The lowest BCUT2D eigenvalue weighted by Gasteiger charge is -2.17. The van der Waals surface area contributed by atoms with Crippen LogP contribution in [0.1, 0.15) is 32.5 Å². The van der Waals surface area contributed by atoms with Crippen LogP contribution in [0, 0.1) is 6.92 Å². The van der Waals surface area contributed by atoms with E-state index in [9.17, 15) is 4.79 Å². The molecule has 0 aliphatic rings. The van der Waals surface area contributed by atoms with E-state index in [0.717, 1.165) is 21.7 Å². The van der Waals surface area contributed by atoms with Gasteiger partial charge in [0, 0.05) is 17.3 Å². The average molecular weight is 347 g/mol. The number of rotatable bonds is 4. The van der Waals surface area contributed by atoms with Crippen LogP contribution in [-0.4, -0.2) is 15.3 Å². The molecular formula is C20H17N3OS. The summed E-state index contributed by atoms with van der Waals surface area (Å²) in [4.78, 5) is 18.3. The number of benzene rings is 1. The fourth-order valence-corrected chi connectivity index (χ4v) is 3.62. The van der Waals surface area contributed by atoms with E-state index < -0.39 is 0 Å². The van der Waals surface area contributed by atoms with Gasteiger partial charge in [-0.2, -0.15) is 0 Å². The number of aromatic nitrogens is 2. The van der Waals surface area contributed by atoms with Crippen molar-refractivity contribution in [3.63, 3.8) is 0 Å². The fraction of sp³-hybridized carbons (Fsp3) is 0.100. The third-order valence-electron chi connectivity index (χ3n) is 4.08. The van der Waals surface area contributed by atoms with Crippen molar-refractivity contribution in [3.8, 4) is 0 Å². The molecule has 0 radical (unpaired) electrons. The van der Waals surface area contributed by atoms with Crippen LogP contribution in [0.5, 0.6) is 0 Å². The van der Waals surface area contributed by atoms with E-state index in [4.69, 9.17) is 0 Å². The predicted octanol–water partition coefficient (Wildman–Crippen LogP) is 4.22. The van der Waals surface area contributed by atoms with Gasteiger partial charge in [-0.3, -0.25) is 4.79 Å². The maximum atomic E-state index is 12.8. The number of hydrogen-bond acceptors (Lipinski definition) is 3.